The van der Waals surface area contributed by atoms with Crippen LogP contribution in [0.1, 0.15) is 69.0 Å². The monoisotopic (exact) mass is 287 g/mol. The van der Waals surface area contributed by atoms with Gasteiger partial charge in [-0.15, -0.1) is 0 Å². The molecule has 1 heterocycles. The number of aryl methyl sites for hydroxylation is 1. The third-order valence-corrected chi connectivity index (χ3v) is 5.13. The summed E-state index contributed by atoms with van der Waals surface area (Å²) in [6, 6.07) is 7.18. The van der Waals surface area contributed by atoms with Crippen molar-refractivity contribution < 1.29 is 4.74 Å². The Balaban J connectivity index is 1.73. The van der Waals surface area contributed by atoms with Crippen molar-refractivity contribution in [2.24, 2.45) is 5.92 Å². The maximum absolute atomic E-state index is 6.01. The highest BCUT2D eigenvalue weighted by molar-refractivity contribution is 5.44. The smallest absolute Gasteiger partial charge is 0.127 e. The summed E-state index contributed by atoms with van der Waals surface area (Å²) in [4.78, 5) is 0. The van der Waals surface area contributed by atoms with Crippen molar-refractivity contribution in [2.45, 2.75) is 64.3 Å². The van der Waals surface area contributed by atoms with Gasteiger partial charge in [-0.1, -0.05) is 50.8 Å². The number of rotatable bonds is 6. The maximum atomic E-state index is 6.01. The molecule has 0 amide bonds. The Kier molecular flexibility index (Phi) is 5.18. The van der Waals surface area contributed by atoms with Gasteiger partial charge in [-0.3, -0.25) is 0 Å². The molecule has 116 valence electrons. The summed E-state index contributed by atoms with van der Waals surface area (Å²) in [6.45, 7) is 4.11. The molecule has 0 radical (unpaired) electrons. The molecule has 0 bridgehead atoms. The average Bonchev–Trinajstić information content (AvgIpc) is 3.04. The molecule has 1 saturated carbocycles. The predicted molar refractivity (Wildman–Crippen MR) is 87.9 cm³/mol. The van der Waals surface area contributed by atoms with Gasteiger partial charge in [0.25, 0.3) is 0 Å². The molecule has 2 nitrogen and oxygen atoms in total. The molecule has 1 aliphatic carbocycles. The maximum Gasteiger partial charge on any atom is 0.127 e. The Morgan fingerprint density at radius 3 is 2.90 bits per heavy atom. The van der Waals surface area contributed by atoms with E-state index >= 15 is 0 Å². The van der Waals surface area contributed by atoms with E-state index in [1.165, 1.54) is 61.8 Å². The van der Waals surface area contributed by atoms with Crippen molar-refractivity contribution in [1.29, 1.82) is 0 Å². The zero-order valence-corrected chi connectivity index (χ0v) is 13.4. The van der Waals surface area contributed by atoms with Crippen LogP contribution in [0.2, 0.25) is 0 Å². The van der Waals surface area contributed by atoms with Gasteiger partial charge in [0, 0.05) is 11.6 Å². The lowest BCUT2D eigenvalue weighted by molar-refractivity contribution is 0.279. The van der Waals surface area contributed by atoms with Crippen molar-refractivity contribution in [3.63, 3.8) is 0 Å². The summed E-state index contributed by atoms with van der Waals surface area (Å²) in [5.41, 5.74) is 2.80. The fourth-order valence-electron chi connectivity index (χ4n) is 4.00. The van der Waals surface area contributed by atoms with E-state index in [4.69, 9.17) is 4.74 Å². The van der Waals surface area contributed by atoms with Crippen LogP contribution in [0, 0.1) is 5.92 Å². The van der Waals surface area contributed by atoms with Gasteiger partial charge >= 0.3 is 0 Å². The molecule has 1 aromatic rings. The first kappa shape index (κ1) is 14.9. The molecule has 0 spiro atoms. The van der Waals surface area contributed by atoms with Crippen molar-refractivity contribution in [1.82, 2.24) is 5.32 Å². The highest BCUT2D eigenvalue weighted by Gasteiger charge is 2.22. The van der Waals surface area contributed by atoms with E-state index in [9.17, 15) is 0 Å². The van der Waals surface area contributed by atoms with Crippen molar-refractivity contribution in [2.75, 3.05) is 13.2 Å². The van der Waals surface area contributed by atoms with E-state index < -0.39 is 0 Å². The molecule has 1 unspecified atom stereocenters. The van der Waals surface area contributed by atoms with Gasteiger partial charge in [0.1, 0.15) is 5.75 Å². The Morgan fingerprint density at radius 1 is 1.24 bits per heavy atom. The second-order valence-electron chi connectivity index (χ2n) is 6.63. The number of ether oxygens (including phenoxy) is 1. The number of fused-ring (bicyclic) bond motifs is 1. The lowest BCUT2D eigenvalue weighted by Crippen LogP contribution is -2.23. The second kappa shape index (κ2) is 7.31. The number of nitrogens with one attached hydrogen (secondary N) is 1. The molecule has 1 aliphatic heterocycles. The highest BCUT2D eigenvalue weighted by atomic mass is 16.5. The minimum absolute atomic E-state index is 0.462. The molecule has 2 heteroatoms. The first-order valence-electron chi connectivity index (χ1n) is 8.86. The Labute approximate surface area is 129 Å². The first-order valence-corrected chi connectivity index (χ1v) is 8.86. The summed E-state index contributed by atoms with van der Waals surface area (Å²) in [6.07, 6.45) is 10.7. The predicted octanol–water partition coefficient (Wildman–Crippen LogP) is 4.63. The molecular weight excluding hydrogens is 258 g/mol. The summed E-state index contributed by atoms with van der Waals surface area (Å²) in [5, 5.41) is 3.69. The molecule has 3 rings (SSSR count). The minimum Gasteiger partial charge on any atom is -0.493 e. The zero-order valence-electron chi connectivity index (χ0n) is 13.4. The van der Waals surface area contributed by atoms with Crippen LogP contribution in [0.3, 0.4) is 0 Å². The standard InChI is InChI=1S/C19H29NO/c1-2-20-18(13-12-15-7-3-4-8-15)17-11-5-9-16-10-6-14-21-19(16)17/h5,9,11,15,18,20H,2-4,6-8,10,12-14H2,1H3. The van der Waals surface area contributed by atoms with Gasteiger partial charge in [0.05, 0.1) is 6.61 Å². The molecule has 21 heavy (non-hydrogen) atoms. The van der Waals surface area contributed by atoms with Crippen LogP contribution < -0.4 is 10.1 Å². The Morgan fingerprint density at radius 2 is 2.10 bits per heavy atom. The quantitative estimate of drug-likeness (QED) is 0.823. The number of hydrogen-bond donors (Lipinski definition) is 1. The van der Waals surface area contributed by atoms with E-state index in [1.807, 2.05) is 0 Å². The average molecular weight is 287 g/mol. The second-order valence-corrected chi connectivity index (χ2v) is 6.63. The van der Waals surface area contributed by atoms with Crippen LogP contribution in [-0.4, -0.2) is 13.2 Å². The van der Waals surface area contributed by atoms with E-state index in [2.05, 4.69) is 30.4 Å². The molecule has 1 aromatic carbocycles. The number of hydrogen-bond acceptors (Lipinski definition) is 2. The summed E-state index contributed by atoms with van der Waals surface area (Å²) in [5.74, 6) is 2.15. The number of benzene rings is 1. The van der Waals surface area contributed by atoms with E-state index in [0.29, 0.717) is 6.04 Å². The highest BCUT2D eigenvalue weighted by Crippen LogP contribution is 2.37. The lowest BCUT2D eigenvalue weighted by atomic mass is 9.92. The van der Waals surface area contributed by atoms with Crippen LogP contribution in [0.25, 0.3) is 0 Å². The van der Waals surface area contributed by atoms with Crippen LogP contribution in [0.15, 0.2) is 18.2 Å². The van der Waals surface area contributed by atoms with Crippen LogP contribution in [0.4, 0.5) is 0 Å². The molecule has 1 atom stereocenters. The van der Waals surface area contributed by atoms with Crippen molar-refractivity contribution >= 4 is 0 Å². The largest absolute Gasteiger partial charge is 0.493 e. The Bertz CT molecular complexity index is 451. The van der Waals surface area contributed by atoms with Gasteiger partial charge in [0.2, 0.25) is 0 Å². The third-order valence-electron chi connectivity index (χ3n) is 5.13. The fourth-order valence-corrected chi connectivity index (χ4v) is 4.00. The fraction of sp³-hybridized carbons (Fsp3) is 0.684. The van der Waals surface area contributed by atoms with Gasteiger partial charge in [-0.05, 0) is 43.7 Å². The SMILES string of the molecule is CCNC(CCC1CCCC1)c1cccc2c1OCCC2. The van der Waals surface area contributed by atoms with E-state index in [0.717, 1.165) is 25.5 Å². The van der Waals surface area contributed by atoms with E-state index in [-0.39, 0.29) is 0 Å². The summed E-state index contributed by atoms with van der Waals surface area (Å²) >= 11 is 0. The lowest BCUT2D eigenvalue weighted by Gasteiger charge is -2.26. The van der Waals surface area contributed by atoms with Gasteiger partial charge in [-0.25, -0.2) is 0 Å². The molecule has 0 aromatic heterocycles. The normalized spacial score (nSPS) is 20.0. The van der Waals surface area contributed by atoms with Gasteiger partial charge in [-0.2, -0.15) is 0 Å². The third kappa shape index (κ3) is 3.60. The van der Waals surface area contributed by atoms with Crippen LogP contribution >= 0.6 is 0 Å². The number of para-hydroxylation sites is 1. The van der Waals surface area contributed by atoms with Crippen LogP contribution in [0.5, 0.6) is 5.75 Å². The topological polar surface area (TPSA) is 21.3 Å². The first-order chi connectivity index (χ1) is 10.4. The summed E-state index contributed by atoms with van der Waals surface area (Å²) in [7, 11) is 0. The van der Waals surface area contributed by atoms with Gasteiger partial charge < -0.3 is 10.1 Å². The zero-order chi connectivity index (χ0) is 14.5. The molecule has 1 fully saturated rings. The molecule has 2 aliphatic rings. The van der Waals surface area contributed by atoms with Crippen LogP contribution in [-0.2, 0) is 6.42 Å². The Hall–Kier alpha value is -1.02. The van der Waals surface area contributed by atoms with Gasteiger partial charge in [0.15, 0.2) is 0 Å². The van der Waals surface area contributed by atoms with E-state index in [1.54, 1.807) is 0 Å². The molecular formula is C19H29NO. The van der Waals surface area contributed by atoms with Crippen molar-refractivity contribution in [3.05, 3.63) is 29.3 Å². The molecule has 0 saturated heterocycles. The van der Waals surface area contributed by atoms with Crippen molar-refractivity contribution in [3.8, 4) is 5.75 Å². The summed E-state index contributed by atoms with van der Waals surface area (Å²) < 4.78 is 6.01. The minimum atomic E-state index is 0.462. The molecule has 1 N–H and O–H groups in total.